The van der Waals surface area contributed by atoms with E-state index < -0.39 is 18.5 Å². The Bertz CT molecular complexity index is 926. The van der Waals surface area contributed by atoms with E-state index in [-0.39, 0.29) is 37.0 Å². The summed E-state index contributed by atoms with van der Waals surface area (Å²) in [5.41, 5.74) is 1.63. The Labute approximate surface area is 168 Å². The van der Waals surface area contributed by atoms with Crippen LogP contribution in [0.25, 0.3) is 0 Å². The van der Waals surface area contributed by atoms with Gasteiger partial charge < -0.3 is 15.0 Å². The number of esters is 1. The van der Waals surface area contributed by atoms with E-state index in [9.17, 15) is 19.2 Å². The molecule has 2 aromatic rings. The number of para-hydroxylation sites is 2. The molecule has 7 nitrogen and oxygen atoms in total. The van der Waals surface area contributed by atoms with E-state index >= 15 is 0 Å². The van der Waals surface area contributed by atoms with Gasteiger partial charge in [-0.3, -0.25) is 19.2 Å². The average Bonchev–Trinajstić information content (AvgIpc) is 2.85. The summed E-state index contributed by atoms with van der Waals surface area (Å²) in [7, 11) is 0. The van der Waals surface area contributed by atoms with Crippen molar-refractivity contribution < 1.29 is 23.9 Å². The summed E-state index contributed by atoms with van der Waals surface area (Å²) in [4.78, 5) is 50.3. The molecule has 1 N–H and O–H groups in total. The Morgan fingerprint density at radius 3 is 2.48 bits per heavy atom. The molecule has 0 aromatic heterocycles. The topological polar surface area (TPSA) is 92.8 Å². The van der Waals surface area contributed by atoms with E-state index in [1.54, 1.807) is 55.5 Å². The maximum absolute atomic E-state index is 12.7. The van der Waals surface area contributed by atoms with Crippen LogP contribution in [0.3, 0.4) is 0 Å². The van der Waals surface area contributed by atoms with Crippen LogP contribution in [0.2, 0.25) is 0 Å². The summed E-state index contributed by atoms with van der Waals surface area (Å²) in [5.74, 6) is -1.39. The van der Waals surface area contributed by atoms with Crippen molar-refractivity contribution in [1.82, 2.24) is 0 Å². The summed E-state index contributed by atoms with van der Waals surface area (Å²) in [5, 5.41) is 2.77. The largest absolute Gasteiger partial charge is 0.456 e. The lowest BCUT2D eigenvalue weighted by molar-refractivity contribution is -0.147. The molecule has 0 saturated heterocycles. The van der Waals surface area contributed by atoms with Gasteiger partial charge in [0.1, 0.15) is 0 Å². The Morgan fingerprint density at radius 1 is 1.03 bits per heavy atom. The first-order chi connectivity index (χ1) is 14.0. The highest BCUT2D eigenvalue weighted by Crippen LogP contribution is 2.31. The first kappa shape index (κ1) is 20.3. The van der Waals surface area contributed by atoms with Crippen molar-refractivity contribution in [3.05, 3.63) is 60.2 Å². The second kappa shape index (κ2) is 9.14. The summed E-state index contributed by atoms with van der Waals surface area (Å²) in [6, 6.07) is 15.3. The molecule has 1 heterocycles. The number of carbonyl (C=O) groups is 4. The SMILES string of the molecule is C[C@@H]1CC(=O)Nc2ccccc2N1C(=O)COC(=O)CCC(=O)c1ccccc1. The van der Waals surface area contributed by atoms with Crippen LogP contribution in [0.5, 0.6) is 0 Å². The highest BCUT2D eigenvalue weighted by Gasteiger charge is 2.30. The minimum absolute atomic E-state index is 0.0123. The predicted molar refractivity (Wildman–Crippen MR) is 108 cm³/mol. The molecule has 0 radical (unpaired) electrons. The third kappa shape index (κ3) is 5.07. The fraction of sp³-hybridized carbons (Fsp3) is 0.273. The van der Waals surface area contributed by atoms with Crippen LogP contribution in [0.1, 0.15) is 36.5 Å². The third-order valence-electron chi connectivity index (χ3n) is 4.64. The molecule has 29 heavy (non-hydrogen) atoms. The molecule has 0 aliphatic carbocycles. The number of nitrogens with zero attached hydrogens (tertiary/aromatic N) is 1. The van der Waals surface area contributed by atoms with E-state index in [2.05, 4.69) is 5.32 Å². The van der Waals surface area contributed by atoms with Crippen LogP contribution >= 0.6 is 0 Å². The number of benzene rings is 2. The van der Waals surface area contributed by atoms with Crippen LogP contribution in [-0.2, 0) is 19.1 Å². The van der Waals surface area contributed by atoms with Gasteiger partial charge in [0, 0.05) is 24.4 Å². The Kier molecular flexibility index (Phi) is 6.39. The molecule has 1 aliphatic rings. The van der Waals surface area contributed by atoms with Crippen LogP contribution in [0.4, 0.5) is 11.4 Å². The molecule has 2 aromatic carbocycles. The number of ketones is 1. The molecule has 7 heteroatoms. The molecule has 0 fully saturated rings. The second-order valence-electron chi connectivity index (χ2n) is 6.83. The van der Waals surface area contributed by atoms with E-state index in [1.807, 2.05) is 6.07 Å². The zero-order valence-corrected chi connectivity index (χ0v) is 16.1. The molecular formula is C22H22N2O5. The summed E-state index contributed by atoms with van der Waals surface area (Å²) >= 11 is 0. The standard InChI is InChI=1S/C22H22N2O5/c1-15-13-20(26)23-17-9-5-6-10-18(17)24(15)21(27)14-29-22(28)12-11-19(25)16-7-3-2-4-8-16/h2-10,15H,11-14H2,1H3,(H,23,26)/t15-/m1/s1. The molecule has 0 bridgehead atoms. The number of anilines is 2. The van der Waals surface area contributed by atoms with Crippen LogP contribution in [0, 0.1) is 0 Å². The normalized spacial score (nSPS) is 15.7. The maximum atomic E-state index is 12.7. The van der Waals surface area contributed by atoms with E-state index in [0.717, 1.165) is 0 Å². The first-order valence-corrected chi connectivity index (χ1v) is 9.40. The van der Waals surface area contributed by atoms with Gasteiger partial charge >= 0.3 is 5.97 Å². The molecule has 1 aliphatic heterocycles. The van der Waals surface area contributed by atoms with Gasteiger partial charge in [0.05, 0.1) is 17.8 Å². The number of nitrogens with one attached hydrogen (secondary N) is 1. The Morgan fingerprint density at radius 2 is 1.72 bits per heavy atom. The maximum Gasteiger partial charge on any atom is 0.306 e. The van der Waals surface area contributed by atoms with Crippen molar-refractivity contribution >= 4 is 34.9 Å². The molecular weight excluding hydrogens is 372 g/mol. The number of ether oxygens (including phenoxy) is 1. The molecule has 150 valence electrons. The summed E-state index contributed by atoms with van der Waals surface area (Å²) in [6.07, 6.45) is 0.0472. The monoisotopic (exact) mass is 394 g/mol. The average molecular weight is 394 g/mol. The van der Waals surface area contributed by atoms with Crippen LogP contribution in [-0.4, -0.2) is 36.2 Å². The van der Waals surface area contributed by atoms with Gasteiger partial charge in [-0.25, -0.2) is 0 Å². The van der Waals surface area contributed by atoms with Gasteiger partial charge in [-0.15, -0.1) is 0 Å². The van der Waals surface area contributed by atoms with Crippen molar-refractivity contribution in [3.8, 4) is 0 Å². The second-order valence-corrected chi connectivity index (χ2v) is 6.83. The fourth-order valence-electron chi connectivity index (χ4n) is 3.24. The summed E-state index contributed by atoms with van der Waals surface area (Å²) in [6.45, 7) is 1.31. The lowest BCUT2D eigenvalue weighted by Gasteiger charge is -2.27. The highest BCUT2D eigenvalue weighted by atomic mass is 16.5. The quantitative estimate of drug-likeness (QED) is 0.601. The number of rotatable bonds is 6. The number of carbonyl (C=O) groups excluding carboxylic acids is 4. The minimum Gasteiger partial charge on any atom is -0.456 e. The number of hydrogen-bond donors (Lipinski definition) is 1. The first-order valence-electron chi connectivity index (χ1n) is 9.40. The van der Waals surface area contributed by atoms with Crippen molar-refractivity contribution in [2.75, 3.05) is 16.8 Å². The lowest BCUT2D eigenvalue weighted by atomic mass is 10.1. The van der Waals surface area contributed by atoms with Gasteiger partial charge in [0.25, 0.3) is 5.91 Å². The van der Waals surface area contributed by atoms with Crippen molar-refractivity contribution in [3.63, 3.8) is 0 Å². The molecule has 3 rings (SSSR count). The van der Waals surface area contributed by atoms with Gasteiger partial charge in [-0.05, 0) is 19.1 Å². The predicted octanol–water partition coefficient (Wildman–Crippen LogP) is 2.96. The van der Waals surface area contributed by atoms with Crippen molar-refractivity contribution in [1.29, 1.82) is 0 Å². The molecule has 2 amide bonds. The van der Waals surface area contributed by atoms with Gasteiger partial charge in [-0.2, -0.15) is 0 Å². The zero-order chi connectivity index (χ0) is 20.8. The van der Waals surface area contributed by atoms with Crippen LogP contribution < -0.4 is 10.2 Å². The molecule has 0 saturated carbocycles. The zero-order valence-electron chi connectivity index (χ0n) is 16.1. The van der Waals surface area contributed by atoms with Crippen molar-refractivity contribution in [2.45, 2.75) is 32.2 Å². The Balaban J connectivity index is 1.58. The number of amides is 2. The van der Waals surface area contributed by atoms with Gasteiger partial charge in [-0.1, -0.05) is 42.5 Å². The highest BCUT2D eigenvalue weighted by molar-refractivity contribution is 6.05. The summed E-state index contributed by atoms with van der Waals surface area (Å²) < 4.78 is 5.09. The minimum atomic E-state index is -0.618. The van der Waals surface area contributed by atoms with Gasteiger partial charge in [0.15, 0.2) is 12.4 Å². The van der Waals surface area contributed by atoms with Gasteiger partial charge in [0.2, 0.25) is 5.91 Å². The third-order valence-corrected chi connectivity index (χ3v) is 4.64. The Hall–Kier alpha value is -3.48. The molecule has 0 unspecified atom stereocenters. The fourth-order valence-corrected chi connectivity index (χ4v) is 3.24. The van der Waals surface area contributed by atoms with Crippen molar-refractivity contribution in [2.24, 2.45) is 0 Å². The number of Topliss-reactive ketones (excluding diaryl/α,β-unsaturated/α-hetero) is 1. The molecule has 0 spiro atoms. The molecule has 1 atom stereocenters. The van der Waals surface area contributed by atoms with E-state index in [0.29, 0.717) is 16.9 Å². The number of fused-ring (bicyclic) bond motifs is 1. The van der Waals surface area contributed by atoms with Crippen LogP contribution in [0.15, 0.2) is 54.6 Å². The van der Waals surface area contributed by atoms with E-state index in [1.165, 1.54) is 4.90 Å². The lowest BCUT2D eigenvalue weighted by Crippen LogP contribution is -2.41. The smallest absolute Gasteiger partial charge is 0.306 e. The number of hydrogen-bond acceptors (Lipinski definition) is 5. The van der Waals surface area contributed by atoms with E-state index in [4.69, 9.17) is 4.74 Å².